The van der Waals surface area contributed by atoms with Crippen LogP contribution >= 0.6 is 15.9 Å². The first-order valence-electron chi connectivity index (χ1n) is 11.0. The number of carbonyl (C=O) groups is 3. The highest BCUT2D eigenvalue weighted by molar-refractivity contribution is 9.10. The topological polar surface area (TPSA) is 75.7 Å². The molecule has 1 fully saturated rings. The van der Waals surface area contributed by atoms with Crippen molar-refractivity contribution in [3.05, 3.63) is 34.3 Å². The Morgan fingerprint density at radius 1 is 1.10 bits per heavy atom. The molecule has 0 aliphatic carbocycles. The summed E-state index contributed by atoms with van der Waals surface area (Å²) >= 11 is 3.38. The van der Waals surface area contributed by atoms with E-state index in [9.17, 15) is 14.4 Å². The number of unbranched alkanes of at least 4 members (excludes halogenated alkanes) is 7. The van der Waals surface area contributed by atoms with E-state index in [1.54, 1.807) is 18.2 Å². The van der Waals surface area contributed by atoms with Crippen LogP contribution in [0.25, 0.3) is 0 Å². The third kappa shape index (κ3) is 7.74. The lowest BCUT2D eigenvalue weighted by molar-refractivity contribution is -0.147. The van der Waals surface area contributed by atoms with Crippen molar-refractivity contribution in [2.24, 2.45) is 0 Å². The molecule has 1 heterocycles. The van der Waals surface area contributed by atoms with Gasteiger partial charge >= 0.3 is 5.97 Å². The molecule has 2 amide bonds. The molecule has 7 heteroatoms. The van der Waals surface area contributed by atoms with Crippen molar-refractivity contribution in [3.63, 3.8) is 0 Å². The quantitative estimate of drug-likeness (QED) is 0.353. The highest BCUT2D eigenvalue weighted by atomic mass is 79.9. The molecule has 0 saturated carbocycles. The molecule has 0 bridgehead atoms. The second-order valence-electron chi connectivity index (χ2n) is 7.68. The van der Waals surface area contributed by atoms with Gasteiger partial charge in [0.1, 0.15) is 6.04 Å². The molecular weight excluding hydrogens is 448 g/mol. The summed E-state index contributed by atoms with van der Waals surface area (Å²) in [6, 6.07) is 6.24. The fraction of sp³-hybridized carbons (Fsp3) is 0.609. The van der Waals surface area contributed by atoms with Crippen LogP contribution in [0.5, 0.6) is 0 Å². The number of nitrogens with zero attached hydrogens (tertiary/aromatic N) is 1. The third-order valence-electron chi connectivity index (χ3n) is 5.32. The zero-order valence-corrected chi connectivity index (χ0v) is 19.4. The van der Waals surface area contributed by atoms with Gasteiger partial charge in [-0.2, -0.15) is 0 Å². The number of amides is 2. The monoisotopic (exact) mass is 480 g/mol. The lowest BCUT2D eigenvalue weighted by Crippen LogP contribution is -2.57. The van der Waals surface area contributed by atoms with E-state index in [4.69, 9.17) is 4.74 Å². The zero-order valence-electron chi connectivity index (χ0n) is 17.8. The number of piperazine rings is 1. The maximum absolute atomic E-state index is 12.9. The Kier molecular flexibility index (Phi) is 10.9. The molecule has 2 rings (SSSR count). The molecule has 1 aliphatic heterocycles. The van der Waals surface area contributed by atoms with E-state index in [-0.39, 0.29) is 18.2 Å². The van der Waals surface area contributed by atoms with Crippen LogP contribution in [0, 0.1) is 0 Å². The number of rotatable bonds is 12. The van der Waals surface area contributed by atoms with E-state index < -0.39 is 12.0 Å². The van der Waals surface area contributed by atoms with Crippen LogP contribution in [0.3, 0.4) is 0 Å². The van der Waals surface area contributed by atoms with Crippen LogP contribution in [0.4, 0.5) is 0 Å². The molecule has 0 spiro atoms. The van der Waals surface area contributed by atoms with Gasteiger partial charge in [0.2, 0.25) is 5.91 Å². The van der Waals surface area contributed by atoms with Crippen molar-refractivity contribution in [1.82, 2.24) is 10.2 Å². The molecule has 1 unspecified atom stereocenters. The van der Waals surface area contributed by atoms with Crippen molar-refractivity contribution < 1.29 is 19.1 Å². The largest absolute Gasteiger partial charge is 0.466 e. The minimum Gasteiger partial charge on any atom is -0.466 e. The van der Waals surface area contributed by atoms with Gasteiger partial charge in [-0.05, 0) is 34.5 Å². The van der Waals surface area contributed by atoms with Crippen molar-refractivity contribution >= 4 is 33.7 Å². The van der Waals surface area contributed by atoms with Crippen LogP contribution in [-0.4, -0.2) is 48.4 Å². The molecule has 1 N–H and O–H groups in total. The number of hydrogen-bond acceptors (Lipinski definition) is 4. The SMILES string of the molecule is CCCCCCCCCCOC(=O)CC1C(=O)NCCN1C(=O)c1ccccc1Br. The Hall–Kier alpha value is -1.89. The molecule has 166 valence electrons. The Morgan fingerprint density at radius 3 is 2.47 bits per heavy atom. The number of hydrogen-bond donors (Lipinski definition) is 1. The fourth-order valence-corrected chi connectivity index (χ4v) is 4.04. The molecule has 0 aromatic heterocycles. The van der Waals surface area contributed by atoms with Gasteiger partial charge in [-0.15, -0.1) is 0 Å². The molecule has 1 aliphatic rings. The van der Waals surface area contributed by atoms with Gasteiger partial charge in [0.05, 0.1) is 18.6 Å². The summed E-state index contributed by atoms with van der Waals surface area (Å²) < 4.78 is 5.99. The second-order valence-corrected chi connectivity index (χ2v) is 8.54. The molecule has 1 atom stereocenters. The molecule has 1 aromatic carbocycles. The van der Waals surface area contributed by atoms with Gasteiger partial charge in [0.25, 0.3) is 5.91 Å². The van der Waals surface area contributed by atoms with Crippen LogP contribution in [0.1, 0.15) is 75.1 Å². The third-order valence-corrected chi connectivity index (χ3v) is 6.01. The van der Waals surface area contributed by atoms with Gasteiger partial charge < -0.3 is 15.0 Å². The van der Waals surface area contributed by atoms with Gasteiger partial charge in [-0.25, -0.2) is 0 Å². The summed E-state index contributed by atoms with van der Waals surface area (Å²) in [6.07, 6.45) is 9.23. The minimum absolute atomic E-state index is 0.126. The van der Waals surface area contributed by atoms with E-state index >= 15 is 0 Å². The lowest BCUT2D eigenvalue weighted by Gasteiger charge is -2.34. The maximum atomic E-state index is 12.9. The summed E-state index contributed by atoms with van der Waals surface area (Å²) in [4.78, 5) is 39.1. The van der Waals surface area contributed by atoms with Gasteiger partial charge in [-0.1, -0.05) is 64.0 Å². The Bertz CT molecular complexity index is 710. The van der Waals surface area contributed by atoms with E-state index in [0.29, 0.717) is 29.7 Å². The van der Waals surface area contributed by atoms with Crippen LogP contribution in [0.15, 0.2) is 28.7 Å². The van der Waals surface area contributed by atoms with Crippen molar-refractivity contribution in [3.8, 4) is 0 Å². The van der Waals surface area contributed by atoms with Crippen LogP contribution in [-0.2, 0) is 14.3 Å². The van der Waals surface area contributed by atoms with E-state index in [0.717, 1.165) is 19.3 Å². The van der Waals surface area contributed by atoms with Gasteiger partial charge in [0, 0.05) is 17.6 Å². The van der Waals surface area contributed by atoms with Gasteiger partial charge in [-0.3, -0.25) is 14.4 Å². The fourth-order valence-electron chi connectivity index (χ4n) is 3.59. The standard InChI is InChI=1S/C23H33BrN2O4/c1-2-3-4-5-6-7-8-11-16-30-21(27)17-20-22(28)25-14-15-26(20)23(29)18-12-9-10-13-19(18)24/h9-10,12-13,20H,2-8,11,14-17H2,1H3,(H,25,28). The first kappa shape index (κ1) is 24.4. The van der Waals surface area contributed by atoms with Crippen LogP contribution in [0.2, 0.25) is 0 Å². The Balaban J connectivity index is 1.78. The zero-order chi connectivity index (χ0) is 21.8. The average Bonchev–Trinajstić information content (AvgIpc) is 2.74. The highest BCUT2D eigenvalue weighted by Gasteiger charge is 2.36. The van der Waals surface area contributed by atoms with E-state index in [1.165, 1.54) is 37.0 Å². The molecule has 30 heavy (non-hydrogen) atoms. The average molecular weight is 481 g/mol. The van der Waals surface area contributed by atoms with Crippen molar-refractivity contribution in [2.45, 2.75) is 70.8 Å². The normalized spacial score (nSPS) is 16.3. The molecule has 0 radical (unpaired) electrons. The number of nitrogens with one attached hydrogen (secondary N) is 1. The predicted molar refractivity (Wildman–Crippen MR) is 120 cm³/mol. The summed E-state index contributed by atoms with van der Waals surface area (Å²) in [5, 5.41) is 2.74. The summed E-state index contributed by atoms with van der Waals surface area (Å²) in [5.74, 6) is -1.02. The van der Waals surface area contributed by atoms with E-state index in [1.807, 2.05) is 6.07 Å². The maximum Gasteiger partial charge on any atom is 0.308 e. The number of esters is 1. The first-order chi connectivity index (χ1) is 14.5. The van der Waals surface area contributed by atoms with Gasteiger partial charge in [0.15, 0.2) is 0 Å². The molecule has 1 aromatic rings. The second kappa shape index (κ2) is 13.4. The summed E-state index contributed by atoms with van der Waals surface area (Å²) in [6.45, 7) is 3.31. The number of carbonyl (C=O) groups excluding carboxylic acids is 3. The Labute approximate surface area is 187 Å². The molecule has 1 saturated heterocycles. The first-order valence-corrected chi connectivity index (χ1v) is 11.8. The molecular formula is C23H33BrN2O4. The number of halogens is 1. The van der Waals surface area contributed by atoms with Crippen molar-refractivity contribution in [1.29, 1.82) is 0 Å². The number of ether oxygens (including phenoxy) is 1. The van der Waals surface area contributed by atoms with Crippen molar-refractivity contribution in [2.75, 3.05) is 19.7 Å². The summed E-state index contributed by atoms with van der Waals surface area (Å²) in [7, 11) is 0. The van der Waals surface area contributed by atoms with E-state index in [2.05, 4.69) is 28.2 Å². The molecule has 6 nitrogen and oxygen atoms in total. The summed E-state index contributed by atoms with van der Waals surface area (Å²) in [5.41, 5.74) is 0.476. The highest BCUT2D eigenvalue weighted by Crippen LogP contribution is 2.21. The number of benzene rings is 1. The lowest BCUT2D eigenvalue weighted by atomic mass is 10.1. The minimum atomic E-state index is -0.843. The predicted octanol–water partition coefficient (Wildman–Crippen LogP) is 4.46. The van der Waals surface area contributed by atoms with Crippen LogP contribution < -0.4 is 5.32 Å². The smallest absolute Gasteiger partial charge is 0.308 e. The Morgan fingerprint density at radius 2 is 1.77 bits per heavy atom.